The molecule has 0 aromatic heterocycles. The molecule has 1 aliphatic carbocycles. The molecule has 2 N–H and O–H groups in total. The summed E-state index contributed by atoms with van der Waals surface area (Å²) in [5.74, 6) is 1.35. The Morgan fingerprint density at radius 1 is 1.54 bits per heavy atom. The lowest BCUT2D eigenvalue weighted by atomic mass is 9.94. The van der Waals surface area contributed by atoms with Gasteiger partial charge < -0.3 is 10.4 Å². The minimum Gasteiger partial charge on any atom is -0.395 e. The first-order chi connectivity index (χ1) is 6.24. The number of hydrogen-bond donors (Lipinski definition) is 2. The second-order valence-electron chi connectivity index (χ2n) is 3.95. The van der Waals surface area contributed by atoms with Crippen LogP contribution in [0.2, 0.25) is 0 Å². The quantitative estimate of drug-likeness (QED) is 0.684. The van der Waals surface area contributed by atoms with Gasteiger partial charge >= 0.3 is 0 Å². The number of carbonyl (C=O) groups excluding carboxylic acids is 1. The normalized spacial score (nSPS) is 27.5. The molecular formula is C10H19NO2. The molecule has 0 radical (unpaired) electrons. The molecule has 13 heavy (non-hydrogen) atoms. The Morgan fingerprint density at radius 3 is 2.85 bits per heavy atom. The number of carbonyl (C=O) groups is 1. The Bertz CT molecular complexity index is 170. The molecule has 1 fully saturated rings. The molecule has 1 amide bonds. The summed E-state index contributed by atoms with van der Waals surface area (Å²) < 4.78 is 0. The average molecular weight is 185 g/mol. The molecule has 0 aromatic carbocycles. The van der Waals surface area contributed by atoms with Crippen molar-refractivity contribution in [3.05, 3.63) is 0 Å². The first-order valence-electron chi connectivity index (χ1n) is 5.11. The van der Waals surface area contributed by atoms with Crippen molar-refractivity contribution >= 4 is 5.91 Å². The zero-order valence-electron chi connectivity index (χ0n) is 8.25. The Labute approximate surface area is 79.5 Å². The largest absolute Gasteiger partial charge is 0.395 e. The van der Waals surface area contributed by atoms with E-state index in [9.17, 15) is 4.79 Å². The summed E-state index contributed by atoms with van der Waals surface area (Å²) >= 11 is 0. The van der Waals surface area contributed by atoms with Gasteiger partial charge in [0.25, 0.3) is 0 Å². The van der Waals surface area contributed by atoms with E-state index in [0.29, 0.717) is 24.8 Å². The van der Waals surface area contributed by atoms with E-state index in [2.05, 4.69) is 12.2 Å². The lowest BCUT2D eigenvalue weighted by Crippen LogP contribution is -2.28. The molecule has 1 rings (SSSR count). The fourth-order valence-corrected chi connectivity index (χ4v) is 2.03. The molecule has 1 aliphatic rings. The molecule has 0 saturated heterocycles. The van der Waals surface area contributed by atoms with Crippen LogP contribution in [0.1, 0.15) is 32.6 Å². The van der Waals surface area contributed by atoms with Crippen LogP contribution < -0.4 is 5.32 Å². The number of hydrogen-bond acceptors (Lipinski definition) is 2. The van der Waals surface area contributed by atoms with Gasteiger partial charge in [0, 0.05) is 13.0 Å². The Hall–Kier alpha value is -0.570. The third-order valence-electron chi connectivity index (χ3n) is 2.92. The molecule has 76 valence electrons. The first kappa shape index (κ1) is 10.5. The van der Waals surface area contributed by atoms with Crippen LogP contribution in [0.25, 0.3) is 0 Å². The van der Waals surface area contributed by atoms with Gasteiger partial charge in [-0.1, -0.05) is 19.8 Å². The summed E-state index contributed by atoms with van der Waals surface area (Å²) in [4.78, 5) is 11.3. The average Bonchev–Trinajstić information content (AvgIpc) is 2.48. The summed E-state index contributed by atoms with van der Waals surface area (Å²) in [6, 6.07) is 0. The summed E-state index contributed by atoms with van der Waals surface area (Å²) in [5.41, 5.74) is 0. The maximum atomic E-state index is 11.3. The standard InChI is InChI=1S/C10H19NO2/c1-8-3-2-4-9(8)7-10(13)11-5-6-12/h8-9,12H,2-7H2,1H3,(H,11,13). The van der Waals surface area contributed by atoms with E-state index >= 15 is 0 Å². The number of nitrogens with one attached hydrogen (secondary N) is 1. The van der Waals surface area contributed by atoms with Crippen LogP contribution in [-0.2, 0) is 4.79 Å². The SMILES string of the molecule is CC1CCCC1CC(=O)NCCO. The minimum atomic E-state index is 0.0337. The molecular weight excluding hydrogens is 166 g/mol. The van der Waals surface area contributed by atoms with Gasteiger partial charge in [0.2, 0.25) is 5.91 Å². The summed E-state index contributed by atoms with van der Waals surface area (Å²) in [6.45, 7) is 2.64. The van der Waals surface area contributed by atoms with E-state index in [4.69, 9.17) is 5.11 Å². The molecule has 3 nitrogen and oxygen atoms in total. The van der Waals surface area contributed by atoms with Gasteiger partial charge in [0.1, 0.15) is 0 Å². The van der Waals surface area contributed by atoms with Crippen LogP contribution in [0.5, 0.6) is 0 Å². The predicted octanol–water partition coefficient (Wildman–Crippen LogP) is 0.921. The van der Waals surface area contributed by atoms with E-state index in [0.717, 1.165) is 0 Å². The predicted molar refractivity (Wildman–Crippen MR) is 51.2 cm³/mol. The van der Waals surface area contributed by atoms with E-state index in [1.807, 2.05) is 0 Å². The Morgan fingerprint density at radius 2 is 2.31 bits per heavy atom. The molecule has 0 spiro atoms. The van der Waals surface area contributed by atoms with Gasteiger partial charge in [0.05, 0.1) is 6.61 Å². The van der Waals surface area contributed by atoms with Crippen molar-refractivity contribution in [2.24, 2.45) is 11.8 Å². The van der Waals surface area contributed by atoms with Gasteiger partial charge in [0.15, 0.2) is 0 Å². The van der Waals surface area contributed by atoms with Crippen LogP contribution in [0, 0.1) is 11.8 Å². The van der Waals surface area contributed by atoms with E-state index in [1.54, 1.807) is 0 Å². The van der Waals surface area contributed by atoms with E-state index in [-0.39, 0.29) is 12.5 Å². The topological polar surface area (TPSA) is 49.3 Å². The molecule has 0 bridgehead atoms. The van der Waals surface area contributed by atoms with Gasteiger partial charge in [-0.25, -0.2) is 0 Å². The summed E-state index contributed by atoms with van der Waals surface area (Å²) in [7, 11) is 0. The molecule has 0 heterocycles. The van der Waals surface area contributed by atoms with Crippen molar-refractivity contribution in [2.75, 3.05) is 13.2 Å². The van der Waals surface area contributed by atoms with E-state index in [1.165, 1.54) is 19.3 Å². The van der Waals surface area contributed by atoms with Crippen molar-refractivity contribution in [3.63, 3.8) is 0 Å². The fourth-order valence-electron chi connectivity index (χ4n) is 2.03. The van der Waals surface area contributed by atoms with Crippen molar-refractivity contribution < 1.29 is 9.90 Å². The highest BCUT2D eigenvalue weighted by molar-refractivity contribution is 5.76. The van der Waals surface area contributed by atoms with Crippen LogP contribution in [0.4, 0.5) is 0 Å². The smallest absolute Gasteiger partial charge is 0.220 e. The third kappa shape index (κ3) is 3.35. The lowest BCUT2D eigenvalue weighted by Gasteiger charge is -2.14. The van der Waals surface area contributed by atoms with Crippen LogP contribution in [0.3, 0.4) is 0 Å². The molecule has 3 heteroatoms. The summed E-state index contributed by atoms with van der Waals surface area (Å²) in [6.07, 6.45) is 4.35. The highest BCUT2D eigenvalue weighted by Gasteiger charge is 2.25. The molecule has 0 aromatic rings. The zero-order valence-corrected chi connectivity index (χ0v) is 8.25. The lowest BCUT2D eigenvalue weighted by molar-refractivity contribution is -0.122. The minimum absolute atomic E-state index is 0.0337. The van der Waals surface area contributed by atoms with Crippen LogP contribution in [-0.4, -0.2) is 24.2 Å². The van der Waals surface area contributed by atoms with Crippen LogP contribution >= 0.6 is 0 Å². The van der Waals surface area contributed by atoms with E-state index < -0.39 is 0 Å². The number of aliphatic hydroxyl groups excluding tert-OH is 1. The van der Waals surface area contributed by atoms with Crippen molar-refractivity contribution in [1.82, 2.24) is 5.32 Å². The molecule has 0 aliphatic heterocycles. The highest BCUT2D eigenvalue weighted by Crippen LogP contribution is 2.33. The number of rotatable bonds is 4. The van der Waals surface area contributed by atoms with Gasteiger partial charge in [-0.15, -0.1) is 0 Å². The summed E-state index contributed by atoms with van der Waals surface area (Å²) in [5, 5.41) is 11.2. The third-order valence-corrected chi connectivity index (χ3v) is 2.92. The maximum Gasteiger partial charge on any atom is 0.220 e. The van der Waals surface area contributed by atoms with Gasteiger partial charge in [-0.05, 0) is 18.3 Å². The van der Waals surface area contributed by atoms with Crippen molar-refractivity contribution in [3.8, 4) is 0 Å². The number of aliphatic hydroxyl groups is 1. The van der Waals surface area contributed by atoms with Gasteiger partial charge in [-0.2, -0.15) is 0 Å². The highest BCUT2D eigenvalue weighted by atomic mass is 16.3. The molecule has 1 saturated carbocycles. The van der Waals surface area contributed by atoms with Crippen molar-refractivity contribution in [2.45, 2.75) is 32.6 Å². The maximum absolute atomic E-state index is 11.3. The second-order valence-corrected chi connectivity index (χ2v) is 3.95. The van der Waals surface area contributed by atoms with Gasteiger partial charge in [-0.3, -0.25) is 4.79 Å². The Balaban J connectivity index is 2.19. The number of amides is 1. The van der Waals surface area contributed by atoms with Crippen molar-refractivity contribution in [1.29, 1.82) is 0 Å². The zero-order chi connectivity index (χ0) is 9.68. The second kappa shape index (κ2) is 5.22. The monoisotopic (exact) mass is 185 g/mol. The fraction of sp³-hybridized carbons (Fsp3) is 0.900. The first-order valence-corrected chi connectivity index (χ1v) is 5.11. The molecule has 2 atom stereocenters. The molecule has 2 unspecified atom stereocenters. The Kier molecular flexibility index (Phi) is 4.22. The van der Waals surface area contributed by atoms with Crippen LogP contribution in [0.15, 0.2) is 0 Å².